The van der Waals surface area contributed by atoms with Crippen molar-refractivity contribution < 1.29 is 4.39 Å². The summed E-state index contributed by atoms with van der Waals surface area (Å²) in [5.74, 6) is -0.546. The van der Waals surface area contributed by atoms with Crippen molar-refractivity contribution in [3.63, 3.8) is 0 Å². The molecule has 1 N–H and O–H groups in total. The van der Waals surface area contributed by atoms with Gasteiger partial charge in [0.2, 0.25) is 0 Å². The molecule has 1 saturated carbocycles. The predicted octanol–water partition coefficient (Wildman–Crippen LogP) is 9.49. The lowest BCUT2D eigenvalue weighted by Crippen LogP contribution is -2.21. The summed E-state index contributed by atoms with van der Waals surface area (Å²) in [5.41, 5.74) is 4.46. The topological polar surface area (TPSA) is 39.1 Å². The van der Waals surface area contributed by atoms with Gasteiger partial charge in [0, 0.05) is 51.1 Å². The van der Waals surface area contributed by atoms with E-state index >= 15 is 0 Å². The number of anilines is 2. The molecular weight excluding hydrogens is 551 g/mol. The molecule has 1 fully saturated rings. The molecular formula is C29H24Cl4FN3. The predicted molar refractivity (Wildman–Crippen MR) is 154 cm³/mol. The molecule has 0 radical (unpaired) electrons. The van der Waals surface area contributed by atoms with Gasteiger partial charge in [-0.3, -0.25) is 0 Å². The van der Waals surface area contributed by atoms with Crippen molar-refractivity contribution in [1.29, 1.82) is 5.26 Å². The molecule has 0 saturated heterocycles. The molecule has 0 spiro atoms. The highest BCUT2D eigenvalue weighted by Crippen LogP contribution is 2.65. The summed E-state index contributed by atoms with van der Waals surface area (Å²) < 4.78 is 13.7. The van der Waals surface area contributed by atoms with Crippen molar-refractivity contribution >= 4 is 63.5 Å². The maximum atomic E-state index is 13.7. The van der Waals surface area contributed by atoms with Crippen LogP contribution in [0.5, 0.6) is 0 Å². The Morgan fingerprint density at radius 3 is 2.38 bits per heavy atom. The van der Waals surface area contributed by atoms with E-state index in [-0.39, 0.29) is 17.4 Å². The number of nitrogens with zero attached hydrogens (tertiary/aromatic N) is 2. The summed E-state index contributed by atoms with van der Waals surface area (Å²) in [6, 6.07) is 17.1. The lowest BCUT2D eigenvalue weighted by atomic mass is 10.1. The van der Waals surface area contributed by atoms with Gasteiger partial charge in [-0.2, -0.15) is 5.26 Å². The molecule has 4 rings (SSSR count). The minimum Gasteiger partial charge on any atom is -0.359 e. The molecule has 1 aliphatic rings. The molecule has 3 aromatic carbocycles. The number of benzene rings is 3. The van der Waals surface area contributed by atoms with Crippen molar-refractivity contribution in [2.24, 2.45) is 5.92 Å². The van der Waals surface area contributed by atoms with Gasteiger partial charge in [-0.25, -0.2) is 4.39 Å². The summed E-state index contributed by atoms with van der Waals surface area (Å²) in [5, 5.41) is 14.5. The highest BCUT2D eigenvalue weighted by atomic mass is 35.5. The van der Waals surface area contributed by atoms with E-state index in [9.17, 15) is 9.65 Å². The largest absolute Gasteiger partial charge is 0.359 e. The summed E-state index contributed by atoms with van der Waals surface area (Å²) in [6.45, 7) is 12.9. The van der Waals surface area contributed by atoms with Crippen molar-refractivity contribution in [1.82, 2.24) is 0 Å². The van der Waals surface area contributed by atoms with Crippen LogP contribution in [-0.2, 0) is 0 Å². The van der Waals surface area contributed by atoms with Crippen LogP contribution in [-0.4, -0.2) is 11.4 Å². The fraction of sp³-hybridized carbons (Fsp3) is 0.207. The van der Waals surface area contributed by atoms with Gasteiger partial charge in [0.05, 0.1) is 21.1 Å². The molecule has 0 bridgehead atoms. The van der Waals surface area contributed by atoms with Crippen LogP contribution in [0, 0.1) is 23.1 Å². The highest BCUT2D eigenvalue weighted by Gasteiger charge is 2.62. The van der Waals surface area contributed by atoms with Gasteiger partial charge in [0.15, 0.2) is 0 Å². The van der Waals surface area contributed by atoms with E-state index in [1.54, 1.807) is 18.2 Å². The molecule has 0 amide bonds. The van der Waals surface area contributed by atoms with Gasteiger partial charge < -0.3 is 10.2 Å². The maximum Gasteiger partial charge on any atom is 0.124 e. The zero-order chi connectivity index (χ0) is 27.1. The molecule has 3 unspecified atom stereocenters. The van der Waals surface area contributed by atoms with Crippen molar-refractivity contribution in [2.45, 2.75) is 24.6 Å². The van der Waals surface area contributed by atoms with Crippen LogP contribution in [0.1, 0.15) is 36.5 Å². The zero-order valence-corrected chi connectivity index (χ0v) is 23.3. The minimum atomic E-state index is -0.549. The van der Waals surface area contributed by atoms with Crippen molar-refractivity contribution in [3.05, 3.63) is 111 Å². The Morgan fingerprint density at radius 2 is 1.76 bits per heavy atom. The monoisotopic (exact) mass is 573 g/mol. The van der Waals surface area contributed by atoms with Crippen LogP contribution < -0.4 is 10.2 Å². The fourth-order valence-corrected chi connectivity index (χ4v) is 6.09. The highest BCUT2D eigenvalue weighted by molar-refractivity contribution is 6.35. The van der Waals surface area contributed by atoms with E-state index in [0.717, 1.165) is 16.9 Å². The Balaban J connectivity index is 1.58. The minimum absolute atomic E-state index is 0.00874. The Kier molecular flexibility index (Phi) is 7.83. The van der Waals surface area contributed by atoms with E-state index in [2.05, 4.69) is 24.5 Å². The van der Waals surface area contributed by atoms with Crippen LogP contribution in [0.2, 0.25) is 15.1 Å². The van der Waals surface area contributed by atoms with Crippen molar-refractivity contribution in [3.8, 4) is 6.07 Å². The van der Waals surface area contributed by atoms with Crippen LogP contribution in [0.4, 0.5) is 15.8 Å². The smallest absolute Gasteiger partial charge is 0.124 e. The molecule has 0 heterocycles. The van der Waals surface area contributed by atoms with E-state index < -0.39 is 10.7 Å². The van der Waals surface area contributed by atoms with Gasteiger partial charge >= 0.3 is 0 Å². The number of allylic oxidation sites excluding steroid dienone is 1. The summed E-state index contributed by atoms with van der Waals surface area (Å²) in [7, 11) is 0. The quantitative estimate of drug-likeness (QED) is 0.272. The first-order chi connectivity index (χ1) is 17.5. The second-order valence-electron chi connectivity index (χ2n) is 9.12. The average molecular weight is 575 g/mol. The number of alkyl halides is 1. The molecule has 3 aromatic rings. The molecule has 8 heteroatoms. The first kappa shape index (κ1) is 27.4. The lowest BCUT2D eigenvalue weighted by molar-refractivity contribution is 0.627. The zero-order valence-electron chi connectivity index (χ0n) is 20.3. The van der Waals surface area contributed by atoms with Gasteiger partial charge in [0.1, 0.15) is 11.9 Å². The van der Waals surface area contributed by atoms with E-state index in [1.807, 2.05) is 43.0 Å². The third kappa shape index (κ3) is 5.47. The van der Waals surface area contributed by atoms with Crippen LogP contribution in [0.3, 0.4) is 0 Å². The number of nitriles is 1. The average Bonchev–Trinajstić information content (AvgIpc) is 3.42. The van der Waals surface area contributed by atoms with Crippen LogP contribution in [0.15, 0.2) is 73.5 Å². The number of halogens is 5. The fourth-order valence-electron chi connectivity index (χ4n) is 4.87. The summed E-state index contributed by atoms with van der Waals surface area (Å²) in [6.07, 6.45) is 0. The molecule has 190 valence electrons. The van der Waals surface area contributed by atoms with E-state index in [0.29, 0.717) is 38.6 Å². The second kappa shape index (κ2) is 10.6. The normalized spacial score (nSPS) is 20.2. The third-order valence-corrected chi connectivity index (χ3v) is 7.89. The Bertz CT molecular complexity index is 1420. The van der Waals surface area contributed by atoms with Gasteiger partial charge in [-0.15, -0.1) is 11.6 Å². The Morgan fingerprint density at radius 1 is 1.08 bits per heavy atom. The lowest BCUT2D eigenvalue weighted by Gasteiger charge is -2.27. The van der Waals surface area contributed by atoms with E-state index in [4.69, 9.17) is 46.4 Å². The molecule has 0 aromatic heterocycles. The molecule has 0 aliphatic heterocycles. The number of hydrogen-bond acceptors (Lipinski definition) is 3. The number of rotatable bonds is 8. The van der Waals surface area contributed by atoms with Gasteiger partial charge in [0.25, 0.3) is 0 Å². The first-order valence-corrected chi connectivity index (χ1v) is 13.1. The second-order valence-corrected chi connectivity index (χ2v) is 11.2. The molecule has 3 atom stereocenters. The first-order valence-electron chi connectivity index (χ1n) is 11.5. The van der Waals surface area contributed by atoms with Crippen LogP contribution in [0.25, 0.3) is 5.70 Å². The Labute approximate surface area is 236 Å². The van der Waals surface area contributed by atoms with Crippen LogP contribution >= 0.6 is 46.4 Å². The van der Waals surface area contributed by atoms with E-state index in [1.165, 1.54) is 12.1 Å². The summed E-state index contributed by atoms with van der Waals surface area (Å²) in [4.78, 5) is 1.28. The molecule has 3 nitrogen and oxygen atoms in total. The van der Waals surface area contributed by atoms with Gasteiger partial charge in [-0.1, -0.05) is 48.0 Å². The Hall–Kier alpha value is -2.68. The number of hydrogen-bond donors (Lipinski definition) is 1. The maximum absolute atomic E-state index is 13.7. The molecule has 37 heavy (non-hydrogen) atoms. The number of nitrogens with one attached hydrogen (secondary N) is 1. The standard InChI is InChI=1S/C29H24Cl4FN3/c1-5-37(26-9-6-22(34)12-19(26)15-35)17(3)24-14-23(7-8-25(24)32)36-16(2)27-28(29(27,4)33)18-10-20(30)13-21(31)11-18/h6-14,27-28,36H,2-3,5H2,1,4H3. The van der Waals surface area contributed by atoms with Crippen molar-refractivity contribution in [2.75, 3.05) is 16.8 Å². The SMILES string of the molecule is C=C(Nc1ccc(Cl)c(C(=C)N(CC)c2ccc(F)cc2C#N)c1)C1C(c2cc(Cl)cc(Cl)c2)C1(C)Cl. The third-order valence-electron chi connectivity index (χ3n) is 6.65. The van der Waals surface area contributed by atoms with Gasteiger partial charge in [-0.05, 0) is 74.0 Å². The summed E-state index contributed by atoms with van der Waals surface area (Å²) >= 11 is 25.9. The molecule has 1 aliphatic carbocycles.